The van der Waals surface area contributed by atoms with E-state index >= 15 is 0 Å². The molecule has 2 aromatic rings. The molecule has 0 bridgehead atoms. The van der Waals surface area contributed by atoms with Crippen molar-refractivity contribution in [2.24, 2.45) is 5.73 Å². The SMILES string of the molecule is COc1c(NS(=O)(=O)c2ccc(F)cc2F)cc(Br)cc1C(N)=O. The molecule has 0 saturated heterocycles. The summed E-state index contributed by atoms with van der Waals surface area (Å²) in [5.74, 6) is -3.15. The molecule has 3 N–H and O–H groups in total. The normalized spacial score (nSPS) is 11.2. The first-order chi connectivity index (χ1) is 11.2. The van der Waals surface area contributed by atoms with Gasteiger partial charge in [-0.05, 0) is 24.3 Å². The largest absolute Gasteiger partial charge is 0.494 e. The summed E-state index contributed by atoms with van der Waals surface area (Å²) in [6.45, 7) is 0. The number of methoxy groups -OCH3 is 1. The third-order valence-electron chi connectivity index (χ3n) is 2.95. The molecule has 6 nitrogen and oxygen atoms in total. The lowest BCUT2D eigenvalue weighted by molar-refractivity contribution is 0.0997. The topological polar surface area (TPSA) is 98.5 Å². The van der Waals surface area contributed by atoms with Gasteiger partial charge in [0.1, 0.15) is 16.5 Å². The van der Waals surface area contributed by atoms with Crippen molar-refractivity contribution in [3.05, 3.63) is 52.0 Å². The summed E-state index contributed by atoms with van der Waals surface area (Å²) in [6, 6.07) is 4.69. The van der Waals surface area contributed by atoms with Gasteiger partial charge in [-0.25, -0.2) is 17.2 Å². The van der Waals surface area contributed by atoms with E-state index in [0.29, 0.717) is 10.5 Å². The number of hydrogen-bond acceptors (Lipinski definition) is 4. The maximum atomic E-state index is 13.7. The number of primary amides is 1. The van der Waals surface area contributed by atoms with Gasteiger partial charge in [0.25, 0.3) is 15.9 Å². The average Bonchev–Trinajstić information content (AvgIpc) is 2.45. The van der Waals surface area contributed by atoms with Crippen LogP contribution in [0.4, 0.5) is 14.5 Å². The van der Waals surface area contributed by atoms with E-state index in [4.69, 9.17) is 10.5 Å². The molecule has 0 unspecified atom stereocenters. The number of sulfonamides is 1. The Bertz CT molecular complexity index is 919. The van der Waals surface area contributed by atoms with Crippen LogP contribution in [0.15, 0.2) is 39.7 Å². The van der Waals surface area contributed by atoms with Crippen molar-refractivity contribution in [1.29, 1.82) is 0 Å². The second-order valence-corrected chi connectivity index (χ2v) is 7.15. The highest BCUT2D eigenvalue weighted by Crippen LogP contribution is 2.34. The van der Waals surface area contributed by atoms with E-state index in [1.54, 1.807) is 0 Å². The van der Waals surface area contributed by atoms with Crippen LogP contribution in [-0.2, 0) is 10.0 Å². The predicted octanol–water partition coefficient (Wildman–Crippen LogP) is 2.64. The minimum Gasteiger partial charge on any atom is -0.494 e. The fourth-order valence-electron chi connectivity index (χ4n) is 1.97. The number of benzene rings is 2. The molecule has 0 saturated carbocycles. The van der Waals surface area contributed by atoms with E-state index in [9.17, 15) is 22.0 Å². The Balaban J connectivity index is 2.56. The van der Waals surface area contributed by atoms with Crippen molar-refractivity contribution in [3.63, 3.8) is 0 Å². The summed E-state index contributed by atoms with van der Waals surface area (Å²) in [4.78, 5) is 10.7. The fourth-order valence-corrected chi connectivity index (χ4v) is 3.54. The lowest BCUT2D eigenvalue weighted by atomic mass is 10.1. The minimum atomic E-state index is -4.40. The number of halogens is 3. The van der Waals surface area contributed by atoms with Crippen molar-refractivity contribution in [3.8, 4) is 5.75 Å². The number of ether oxygens (including phenoxy) is 1. The van der Waals surface area contributed by atoms with Crippen LogP contribution in [0.5, 0.6) is 5.75 Å². The van der Waals surface area contributed by atoms with Gasteiger partial charge in [-0.1, -0.05) is 15.9 Å². The third-order valence-corrected chi connectivity index (χ3v) is 4.81. The van der Waals surface area contributed by atoms with E-state index in [0.717, 1.165) is 12.1 Å². The Hall–Kier alpha value is -2.20. The lowest BCUT2D eigenvalue weighted by Gasteiger charge is -2.15. The van der Waals surface area contributed by atoms with Crippen molar-refractivity contribution in [1.82, 2.24) is 0 Å². The Morgan fingerprint density at radius 1 is 1.25 bits per heavy atom. The van der Waals surface area contributed by atoms with Gasteiger partial charge in [0.15, 0.2) is 5.75 Å². The molecule has 0 aromatic heterocycles. The van der Waals surface area contributed by atoms with Gasteiger partial charge in [-0.15, -0.1) is 0 Å². The average molecular weight is 421 g/mol. The second-order valence-electron chi connectivity index (χ2n) is 4.58. The van der Waals surface area contributed by atoms with Crippen molar-refractivity contribution in [2.45, 2.75) is 4.90 Å². The van der Waals surface area contributed by atoms with Crippen molar-refractivity contribution >= 4 is 37.5 Å². The molecule has 0 aliphatic rings. The van der Waals surface area contributed by atoms with Gasteiger partial charge < -0.3 is 10.5 Å². The van der Waals surface area contributed by atoms with Crippen molar-refractivity contribution < 1.29 is 26.7 Å². The standard InChI is InChI=1S/C14H11BrF2N2O4S/c1-23-13-9(14(18)20)4-7(15)5-11(13)19-24(21,22)12-3-2-8(16)6-10(12)17/h2-6,19H,1H3,(H2,18,20). The number of carbonyl (C=O) groups excluding carboxylic acids is 1. The monoisotopic (exact) mass is 420 g/mol. The molecular weight excluding hydrogens is 410 g/mol. The van der Waals surface area contributed by atoms with E-state index < -0.39 is 32.5 Å². The summed E-state index contributed by atoms with van der Waals surface area (Å²) in [5, 5.41) is 0. The van der Waals surface area contributed by atoms with Crippen LogP contribution in [0.3, 0.4) is 0 Å². The number of rotatable bonds is 5. The highest BCUT2D eigenvalue weighted by molar-refractivity contribution is 9.10. The summed E-state index contributed by atoms with van der Waals surface area (Å²) < 4.78 is 58.8. The molecular formula is C14H11BrF2N2O4S. The number of nitrogens with two attached hydrogens (primary N) is 1. The number of carbonyl (C=O) groups is 1. The Morgan fingerprint density at radius 3 is 2.46 bits per heavy atom. The number of amides is 1. The molecule has 0 fully saturated rings. The fraction of sp³-hybridized carbons (Fsp3) is 0.0714. The molecule has 0 radical (unpaired) electrons. The first-order valence-corrected chi connectivity index (χ1v) is 8.58. The molecule has 0 aliphatic heterocycles. The molecule has 10 heteroatoms. The number of hydrogen-bond donors (Lipinski definition) is 2. The zero-order valence-corrected chi connectivity index (χ0v) is 14.5. The maximum Gasteiger partial charge on any atom is 0.264 e. The van der Waals surface area contributed by atoms with Crippen LogP contribution in [0.25, 0.3) is 0 Å². The molecule has 128 valence electrons. The van der Waals surface area contributed by atoms with Crippen LogP contribution < -0.4 is 15.2 Å². The highest BCUT2D eigenvalue weighted by Gasteiger charge is 2.23. The Morgan fingerprint density at radius 2 is 1.92 bits per heavy atom. The zero-order chi connectivity index (χ0) is 18.1. The van der Waals surface area contributed by atoms with Gasteiger partial charge in [-0.2, -0.15) is 0 Å². The van der Waals surface area contributed by atoms with Crippen LogP contribution in [0, 0.1) is 11.6 Å². The maximum absolute atomic E-state index is 13.7. The van der Waals surface area contributed by atoms with Gasteiger partial charge in [0, 0.05) is 10.5 Å². The number of nitrogens with one attached hydrogen (secondary N) is 1. The van der Waals surface area contributed by atoms with Gasteiger partial charge in [0.05, 0.1) is 18.4 Å². The molecule has 0 heterocycles. The first-order valence-electron chi connectivity index (χ1n) is 6.31. The van der Waals surface area contributed by atoms with E-state index in [-0.39, 0.29) is 17.0 Å². The Labute approximate surface area is 144 Å². The van der Waals surface area contributed by atoms with Crippen molar-refractivity contribution in [2.75, 3.05) is 11.8 Å². The van der Waals surface area contributed by atoms with Crippen LogP contribution in [0.2, 0.25) is 0 Å². The van der Waals surface area contributed by atoms with Gasteiger partial charge in [0.2, 0.25) is 0 Å². The number of anilines is 1. The van der Waals surface area contributed by atoms with Crippen LogP contribution in [0.1, 0.15) is 10.4 Å². The Kier molecular flexibility index (Phi) is 5.09. The van der Waals surface area contributed by atoms with Crippen LogP contribution >= 0.6 is 15.9 Å². The summed E-state index contributed by atoms with van der Waals surface area (Å²) >= 11 is 3.11. The zero-order valence-electron chi connectivity index (χ0n) is 12.1. The first kappa shape index (κ1) is 18.1. The molecule has 0 spiro atoms. The quantitative estimate of drug-likeness (QED) is 0.776. The predicted molar refractivity (Wildman–Crippen MR) is 86.4 cm³/mol. The lowest BCUT2D eigenvalue weighted by Crippen LogP contribution is -2.18. The summed E-state index contributed by atoms with van der Waals surface area (Å²) in [5.41, 5.74) is 5.01. The van der Waals surface area contributed by atoms with E-state index in [1.165, 1.54) is 19.2 Å². The molecule has 24 heavy (non-hydrogen) atoms. The van der Waals surface area contributed by atoms with Crippen LogP contribution in [-0.4, -0.2) is 21.4 Å². The molecule has 2 aromatic carbocycles. The highest BCUT2D eigenvalue weighted by atomic mass is 79.9. The third kappa shape index (κ3) is 3.65. The minimum absolute atomic E-state index is 0.0795. The smallest absolute Gasteiger partial charge is 0.264 e. The van der Waals surface area contributed by atoms with Gasteiger partial charge >= 0.3 is 0 Å². The molecule has 1 amide bonds. The summed E-state index contributed by atoms with van der Waals surface area (Å²) in [7, 11) is -3.18. The molecule has 0 aliphatic carbocycles. The summed E-state index contributed by atoms with van der Waals surface area (Å²) in [6.07, 6.45) is 0. The van der Waals surface area contributed by atoms with Gasteiger partial charge in [-0.3, -0.25) is 9.52 Å². The van der Waals surface area contributed by atoms with E-state index in [2.05, 4.69) is 20.7 Å². The molecule has 0 atom stereocenters. The molecule has 2 rings (SSSR count). The van der Waals surface area contributed by atoms with E-state index in [1.807, 2.05) is 0 Å². The second kappa shape index (κ2) is 6.73.